The molecule has 0 bridgehead atoms. The molecule has 5 rings (SSSR count). The molecule has 0 unspecified atom stereocenters. The zero-order chi connectivity index (χ0) is 24.9. The van der Waals surface area contributed by atoms with E-state index in [0.717, 1.165) is 27.0 Å². The highest BCUT2D eigenvalue weighted by atomic mass is 79.9. The monoisotopic (exact) mass is 561 g/mol. The molecule has 180 valence electrons. The van der Waals surface area contributed by atoms with Crippen molar-refractivity contribution in [2.75, 3.05) is 0 Å². The van der Waals surface area contributed by atoms with Crippen molar-refractivity contribution in [3.63, 3.8) is 0 Å². The van der Waals surface area contributed by atoms with Crippen molar-refractivity contribution in [3.05, 3.63) is 118 Å². The molecule has 0 aliphatic carbocycles. The molecule has 0 radical (unpaired) electrons. The van der Waals surface area contributed by atoms with Crippen molar-refractivity contribution in [1.29, 1.82) is 0 Å². The Morgan fingerprint density at radius 3 is 2.47 bits per heavy atom. The van der Waals surface area contributed by atoms with Crippen molar-refractivity contribution in [2.45, 2.75) is 13.3 Å². The van der Waals surface area contributed by atoms with Gasteiger partial charge in [0.25, 0.3) is 5.91 Å². The number of nitrogens with zero attached hydrogens (tertiary/aromatic N) is 4. The van der Waals surface area contributed by atoms with E-state index in [1.807, 2.05) is 71.5 Å². The molecule has 7 nitrogen and oxygen atoms in total. The van der Waals surface area contributed by atoms with E-state index >= 15 is 0 Å². The quantitative estimate of drug-likeness (QED) is 0.247. The maximum atomic E-state index is 12.8. The summed E-state index contributed by atoms with van der Waals surface area (Å²) in [7, 11) is 0. The normalized spacial score (nSPS) is 10.8. The fourth-order valence-electron chi connectivity index (χ4n) is 3.64. The first-order valence-electron chi connectivity index (χ1n) is 11.2. The number of aromatic nitrogens is 4. The first-order valence-corrected chi connectivity index (χ1v) is 12.3. The number of halogens is 2. The molecule has 0 atom stereocenters. The summed E-state index contributed by atoms with van der Waals surface area (Å²) in [4.78, 5) is 12.8. The zero-order valence-corrected chi connectivity index (χ0v) is 21.4. The standard InChI is InChI=1S/C27H21BrClN5O2/c28-23-15-21(29)11-12-25(23)36-18-33-14-13-24(31-33)27(35)30-16-20-17-34(22-9-5-2-6-10-22)32-26(20)19-7-3-1-4-8-19/h1-15,17H,16,18H2,(H,30,35). The van der Waals surface area contributed by atoms with Crippen LogP contribution < -0.4 is 10.1 Å². The van der Waals surface area contributed by atoms with Crippen LogP contribution in [0.1, 0.15) is 16.1 Å². The smallest absolute Gasteiger partial charge is 0.272 e. The third-order valence-electron chi connectivity index (χ3n) is 5.42. The molecule has 36 heavy (non-hydrogen) atoms. The molecule has 5 aromatic rings. The number of nitrogens with one attached hydrogen (secondary N) is 1. The van der Waals surface area contributed by atoms with Crippen LogP contribution in [0, 0.1) is 0 Å². The average Bonchev–Trinajstić information content (AvgIpc) is 3.56. The lowest BCUT2D eigenvalue weighted by molar-refractivity contribution is 0.0944. The average molecular weight is 563 g/mol. The highest BCUT2D eigenvalue weighted by Crippen LogP contribution is 2.28. The van der Waals surface area contributed by atoms with E-state index in [9.17, 15) is 4.79 Å². The summed E-state index contributed by atoms with van der Waals surface area (Å²) in [6.45, 7) is 0.451. The van der Waals surface area contributed by atoms with Gasteiger partial charge in [-0.25, -0.2) is 9.36 Å². The van der Waals surface area contributed by atoms with Gasteiger partial charge in [-0.15, -0.1) is 0 Å². The van der Waals surface area contributed by atoms with Gasteiger partial charge in [-0.2, -0.15) is 10.2 Å². The maximum Gasteiger partial charge on any atom is 0.272 e. The number of carbonyl (C=O) groups excluding carboxylic acids is 1. The zero-order valence-electron chi connectivity index (χ0n) is 19.0. The first kappa shape index (κ1) is 23.8. The number of amides is 1. The molecule has 0 saturated carbocycles. The van der Waals surface area contributed by atoms with Crippen LogP contribution in [0.25, 0.3) is 16.9 Å². The molecule has 9 heteroatoms. The number of benzene rings is 3. The van der Waals surface area contributed by atoms with Crippen molar-refractivity contribution in [3.8, 4) is 22.7 Å². The molecule has 1 N–H and O–H groups in total. The van der Waals surface area contributed by atoms with E-state index < -0.39 is 0 Å². The number of ether oxygens (including phenoxy) is 1. The molecule has 2 heterocycles. The van der Waals surface area contributed by atoms with Crippen LogP contribution in [0.3, 0.4) is 0 Å². The predicted octanol–water partition coefficient (Wildman–Crippen LogP) is 6.12. The second-order valence-electron chi connectivity index (χ2n) is 7.92. The number of hydrogen-bond acceptors (Lipinski definition) is 4. The Kier molecular flexibility index (Phi) is 7.16. The van der Waals surface area contributed by atoms with E-state index in [-0.39, 0.29) is 12.6 Å². The predicted molar refractivity (Wildman–Crippen MR) is 142 cm³/mol. The Balaban J connectivity index is 1.28. The van der Waals surface area contributed by atoms with Crippen LogP contribution in [-0.2, 0) is 13.3 Å². The Labute approximate surface area is 221 Å². The van der Waals surface area contributed by atoms with Crippen LogP contribution in [0.4, 0.5) is 0 Å². The summed E-state index contributed by atoms with van der Waals surface area (Å²) in [6.07, 6.45) is 3.63. The van der Waals surface area contributed by atoms with Gasteiger partial charge in [0.2, 0.25) is 0 Å². The van der Waals surface area contributed by atoms with Gasteiger partial charge >= 0.3 is 0 Å². The molecule has 0 aliphatic heterocycles. The lowest BCUT2D eigenvalue weighted by Crippen LogP contribution is -2.23. The summed E-state index contributed by atoms with van der Waals surface area (Å²) in [5, 5.41) is 12.7. The minimum atomic E-state index is -0.284. The van der Waals surface area contributed by atoms with Crippen LogP contribution >= 0.6 is 27.5 Å². The minimum Gasteiger partial charge on any atom is -0.470 e. The summed E-state index contributed by atoms with van der Waals surface area (Å²) in [5.74, 6) is 0.345. The fourth-order valence-corrected chi connectivity index (χ4v) is 4.44. The van der Waals surface area contributed by atoms with Crippen LogP contribution in [0.5, 0.6) is 5.75 Å². The molecule has 1 amide bonds. The molecule has 3 aromatic carbocycles. The number of rotatable bonds is 8. The summed E-state index contributed by atoms with van der Waals surface area (Å²) in [6, 6.07) is 26.7. The van der Waals surface area contributed by atoms with Crippen molar-refractivity contribution < 1.29 is 9.53 Å². The SMILES string of the molecule is O=C(NCc1cn(-c2ccccc2)nc1-c1ccccc1)c1ccn(COc2ccc(Cl)cc2Br)n1. The number of hydrogen-bond donors (Lipinski definition) is 1. The molecule has 2 aromatic heterocycles. The van der Waals surface area contributed by atoms with E-state index in [1.165, 1.54) is 0 Å². The number of para-hydroxylation sites is 1. The molecule has 0 spiro atoms. The van der Waals surface area contributed by atoms with E-state index in [0.29, 0.717) is 23.0 Å². The molecular formula is C27H21BrClN5O2. The maximum absolute atomic E-state index is 12.8. The summed E-state index contributed by atoms with van der Waals surface area (Å²) >= 11 is 9.39. The van der Waals surface area contributed by atoms with Gasteiger partial charge in [0.15, 0.2) is 6.73 Å². The molecule has 0 saturated heterocycles. The highest BCUT2D eigenvalue weighted by molar-refractivity contribution is 9.10. The van der Waals surface area contributed by atoms with Crippen molar-refractivity contribution in [1.82, 2.24) is 24.9 Å². The Hall–Kier alpha value is -3.88. The van der Waals surface area contributed by atoms with Crippen molar-refractivity contribution >= 4 is 33.4 Å². The Morgan fingerprint density at radius 2 is 1.72 bits per heavy atom. The van der Waals surface area contributed by atoms with Gasteiger partial charge in [0, 0.05) is 35.1 Å². The van der Waals surface area contributed by atoms with Gasteiger partial charge in [0.1, 0.15) is 11.4 Å². The van der Waals surface area contributed by atoms with Gasteiger partial charge in [-0.1, -0.05) is 60.1 Å². The fraction of sp³-hybridized carbons (Fsp3) is 0.0741. The molecule has 0 aliphatic rings. The molecular weight excluding hydrogens is 542 g/mol. The second kappa shape index (κ2) is 10.8. The lowest BCUT2D eigenvalue weighted by atomic mass is 10.1. The van der Waals surface area contributed by atoms with Gasteiger partial charge in [-0.3, -0.25) is 4.79 Å². The van der Waals surface area contributed by atoms with E-state index in [2.05, 4.69) is 26.3 Å². The van der Waals surface area contributed by atoms with E-state index in [1.54, 1.807) is 35.1 Å². The highest BCUT2D eigenvalue weighted by Gasteiger charge is 2.15. The van der Waals surface area contributed by atoms with Crippen molar-refractivity contribution in [2.24, 2.45) is 0 Å². The van der Waals surface area contributed by atoms with Gasteiger partial charge in [0.05, 0.1) is 15.9 Å². The third-order valence-corrected chi connectivity index (χ3v) is 6.27. The van der Waals surface area contributed by atoms with Gasteiger partial charge in [-0.05, 0) is 52.3 Å². The second-order valence-corrected chi connectivity index (χ2v) is 9.21. The first-order chi connectivity index (χ1) is 17.6. The van der Waals surface area contributed by atoms with Crippen LogP contribution in [0.2, 0.25) is 5.02 Å². The summed E-state index contributed by atoms with van der Waals surface area (Å²) in [5.41, 5.74) is 3.93. The van der Waals surface area contributed by atoms with E-state index in [4.69, 9.17) is 21.4 Å². The topological polar surface area (TPSA) is 74.0 Å². The van der Waals surface area contributed by atoms with Gasteiger partial charge < -0.3 is 10.1 Å². The lowest BCUT2D eigenvalue weighted by Gasteiger charge is -2.08. The Morgan fingerprint density at radius 1 is 0.972 bits per heavy atom. The summed E-state index contributed by atoms with van der Waals surface area (Å²) < 4.78 is 9.88. The van der Waals surface area contributed by atoms with Crippen LogP contribution in [-0.4, -0.2) is 25.5 Å². The minimum absolute atomic E-state index is 0.148. The Bertz CT molecular complexity index is 1480. The van der Waals surface area contributed by atoms with Crippen LogP contribution in [0.15, 0.2) is 102 Å². The third kappa shape index (κ3) is 5.50. The molecule has 0 fully saturated rings. The number of carbonyl (C=O) groups is 1. The largest absolute Gasteiger partial charge is 0.470 e.